The fraction of sp³-hybridized carbons (Fsp3) is 0.714. The molecule has 41 heavy (non-hydrogen) atoms. The van der Waals surface area contributed by atoms with Crippen molar-refractivity contribution in [2.75, 3.05) is 51.4 Å². The summed E-state index contributed by atoms with van der Waals surface area (Å²) >= 11 is 16.1. The fourth-order valence-corrected chi connectivity index (χ4v) is 3.51. The number of imidazole rings is 1. The number of aromatic amines is 1. The number of nitroso groups, excluding NO2 is 2. The second-order valence-corrected chi connectivity index (χ2v) is 9.75. The van der Waals surface area contributed by atoms with Gasteiger partial charge < -0.3 is 21.4 Å². The molecule has 1 aromatic heterocycles. The highest BCUT2D eigenvalue weighted by Gasteiger charge is 2.22. The molecule has 0 aromatic carbocycles. The van der Waals surface area contributed by atoms with Gasteiger partial charge in [0, 0.05) is 44.3 Å². The zero-order valence-electron chi connectivity index (χ0n) is 23.1. The Morgan fingerprint density at radius 2 is 1.56 bits per heavy atom. The van der Waals surface area contributed by atoms with Crippen LogP contribution in [-0.4, -0.2) is 100 Å². The molecule has 1 heterocycles. The third kappa shape index (κ3) is 16.5. The van der Waals surface area contributed by atoms with E-state index >= 15 is 0 Å². The normalized spacial score (nSPS) is 15.8. The van der Waals surface area contributed by atoms with Gasteiger partial charge in [-0.1, -0.05) is 12.1 Å². The summed E-state index contributed by atoms with van der Waals surface area (Å²) in [6.07, 6.45) is 5.52. The molecule has 1 fully saturated rings. The van der Waals surface area contributed by atoms with Gasteiger partial charge in [0.25, 0.3) is 5.91 Å². The molecule has 5 N–H and O–H groups in total. The molecule has 0 spiro atoms. The van der Waals surface area contributed by atoms with Crippen LogP contribution in [0.2, 0.25) is 0 Å². The second kappa shape index (κ2) is 22.4. The minimum Gasteiger partial charge on any atom is -0.364 e. The van der Waals surface area contributed by atoms with Crippen LogP contribution in [0.3, 0.4) is 0 Å². The zero-order chi connectivity index (χ0) is 31.2. The lowest BCUT2D eigenvalue weighted by Crippen LogP contribution is -2.44. The highest BCUT2D eigenvalue weighted by molar-refractivity contribution is 6.18. The van der Waals surface area contributed by atoms with E-state index in [-0.39, 0.29) is 42.4 Å². The number of rotatable bonds is 12. The minimum absolute atomic E-state index is 0.0964. The van der Waals surface area contributed by atoms with Crippen LogP contribution in [0.15, 0.2) is 27.2 Å². The maximum absolute atomic E-state index is 11.6. The summed E-state index contributed by atoms with van der Waals surface area (Å²) in [5.41, 5.74) is 5.20. The molecular weight excluding hydrogens is 607 g/mol. The van der Waals surface area contributed by atoms with Crippen molar-refractivity contribution in [1.29, 1.82) is 0 Å². The Kier molecular flexibility index (Phi) is 20.6. The first-order valence-electron chi connectivity index (χ1n) is 12.4. The zero-order valence-corrected chi connectivity index (χ0v) is 25.4. The van der Waals surface area contributed by atoms with Crippen molar-refractivity contribution in [3.63, 3.8) is 0 Å². The maximum Gasteiger partial charge on any atom is 0.340 e. The van der Waals surface area contributed by atoms with Gasteiger partial charge in [-0.05, 0) is 31.6 Å². The van der Waals surface area contributed by atoms with E-state index in [9.17, 15) is 24.2 Å². The smallest absolute Gasteiger partial charge is 0.340 e. The van der Waals surface area contributed by atoms with Crippen molar-refractivity contribution in [2.24, 2.45) is 32.6 Å². The Balaban J connectivity index is 0.000000593. The number of H-pyrrole nitrogens is 1. The quantitative estimate of drug-likeness (QED) is 0.114. The Morgan fingerprint density at radius 3 is 2.02 bits per heavy atom. The number of alkyl halides is 3. The van der Waals surface area contributed by atoms with Crippen molar-refractivity contribution >= 4 is 58.6 Å². The van der Waals surface area contributed by atoms with E-state index in [4.69, 9.17) is 40.5 Å². The summed E-state index contributed by atoms with van der Waals surface area (Å²) in [5, 5.41) is 20.7. The molecule has 0 aliphatic heterocycles. The Hall–Kier alpha value is -3.31. The van der Waals surface area contributed by atoms with Crippen molar-refractivity contribution in [3.05, 3.63) is 21.8 Å². The molecule has 0 unspecified atom stereocenters. The minimum atomic E-state index is -0.606. The first kappa shape index (κ1) is 37.7. The summed E-state index contributed by atoms with van der Waals surface area (Å²) < 4.78 is 0. The second-order valence-electron chi connectivity index (χ2n) is 8.62. The van der Waals surface area contributed by atoms with Gasteiger partial charge in [0.2, 0.25) is 5.82 Å². The van der Waals surface area contributed by atoms with Crippen LogP contribution in [0.25, 0.3) is 0 Å². The highest BCUT2D eigenvalue weighted by atomic mass is 35.5. The van der Waals surface area contributed by atoms with Gasteiger partial charge in [-0.3, -0.25) is 9.80 Å². The summed E-state index contributed by atoms with van der Waals surface area (Å²) in [5.74, 6) is 0.989. The van der Waals surface area contributed by atoms with Gasteiger partial charge in [-0.25, -0.2) is 14.6 Å². The van der Waals surface area contributed by atoms with Crippen molar-refractivity contribution in [1.82, 2.24) is 35.6 Å². The molecule has 1 aliphatic rings. The molecule has 0 radical (unpaired) electrons. The number of amides is 5. The molecule has 20 heteroatoms. The molecule has 17 nitrogen and oxygen atoms in total. The number of urea groups is 2. The van der Waals surface area contributed by atoms with Crippen LogP contribution in [-0.2, 0) is 0 Å². The first-order valence-corrected chi connectivity index (χ1v) is 14.0. The van der Waals surface area contributed by atoms with Gasteiger partial charge in [-0.15, -0.1) is 49.7 Å². The van der Waals surface area contributed by atoms with Gasteiger partial charge in [0.1, 0.15) is 0 Å². The molecule has 232 valence electrons. The number of halogens is 3. The molecule has 1 saturated carbocycles. The third-order valence-corrected chi connectivity index (χ3v) is 5.68. The fourth-order valence-electron chi connectivity index (χ4n) is 3.09. The van der Waals surface area contributed by atoms with Crippen LogP contribution >= 0.6 is 34.8 Å². The van der Waals surface area contributed by atoms with Crippen LogP contribution in [0.5, 0.6) is 0 Å². The molecule has 0 atom stereocenters. The summed E-state index contributed by atoms with van der Waals surface area (Å²) in [6.45, 7) is 2.76. The first-order chi connectivity index (χ1) is 19.5. The third-order valence-electron chi connectivity index (χ3n) is 5.16. The number of hydrogen-bond acceptors (Lipinski definition) is 10. The van der Waals surface area contributed by atoms with Gasteiger partial charge in [0.05, 0.1) is 30.0 Å². The van der Waals surface area contributed by atoms with E-state index in [0.29, 0.717) is 17.4 Å². The molecule has 1 aliphatic carbocycles. The van der Waals surface area contributed by atoms with E-state index in [1.54, 1.807) is 14.1 Å². The summed E-state index contributed by atoms with van der Waals surface area (Å²) in [4.78, 5) is 60.0. The average Bonchev–Trinajstić information content (AvgIpc) is 3.43. The number of nitrogens with one attached hydrogen (secondary N) is 3. The van der Waals surface area contributed by atoms with Crippen molar-refractivity contribution < 1.29 is 14.4 Å². The number of carbonyl (C=O) groups is 3. The van der Waals surface area contributed by atoms with Gasteiger partial charge in [-0.2, -0.15) is 10.0 Å². The van der Waals surface area contributed by atoms with Crippen LogP contribution in [0.4, 0.5) is 15.4 Å². The van der Waals surface area contributed by atoms with E-state index < -0.39 is 18.0 Å². The summed E-state index contributed by atoms with van der Waals surface area (Å²) in [6, 6.07) is -0.843. The monoisotopic (exact) mass is 642 g/mol. The number of carbonyl (C=O) groups excluding carboxylic acids is 3. The molecular formula is C21H37Cl3N12O5. The van der Waals surface area contributed by atoms with E-state index in [2.05, 4.69) is 48.4 Å². The molecule has 0 bridgehead atoms. The average molecular weight is 644 g/mol. The van der Waals surface area contributed by atoms with Crippen LogP contribution in [0, 0.1) is 15.7 Å². The predicted molar refractivity (Wildman–Crippen MR) is 156 cm³/mol. The Morgan fingerprint density at radius 1 is 1.00 bits per heavy atom. The lowest BCUT2D eigenvalue weighted by molar-refractivity contribution is 0.0996. The van der Waals surface area contributed by atoms with E-state index in [1.165, 1.54) is 11.3 Å². The Labute approximate surface area is 252 Å². The number of aromatic nitrogens is 2. The molecule has 0 saturated heterocycles. The lowest BCUT2D eigenvalue weighted by Gasteiger charge is -2.27. The van der Waals surface area contributed by atoms with E-state index in [1.807, 2.05) is 0 Å². The van der Waals surface area contributed by atoms with E-state index in [0.717, 1.165) is 36.6 Å². The van der Waals surface area contributed by atoms with Gasteiger partial charge >= 0.3 is 12.1 Å². The Bertz CT molecular complexity index is 960. The number of hydrogen-bond donors (Lipinski definition) is 4. The standard InChI is InChI=1S/C10H18ClN3O2.C6H10N6O.C5H9Cl2N3O2/c1-8-2-4-9(5-3-8)12-10(15)14(13-16)7-6-11;1-12(2)11-10-6-4(5(7)13)8-3-9-6;6-1-3-8-5(11)10(9-12)4-2-7/h8-9H,2-7H2,1H3,(H,12,15);3H,1-2H3,(H2,7,13)(H,8,9);1-4H2,(H,8,11). The van der Waals surface area contributed by atoms with Gasteiger partial charge in [0.15, 0.2) is 5.69 Å². The molecule has 2 rings (SSSR count). The largest absolute Gasteiger partial charge is 0.364 e. The lowest BCUT2D eigenvalue weighted by atomic mass is 9.87. The SMILES string of the molecule is CC1CCC(NC(=O)N(CCCl)N=O)CC1.CN(C)N=Nc1nc[nH]c1C(N)=O.O=NN(CCCl)C(=O)NCCCl. The number of nitrogens with two attached hydrogens (primary N) is 1. The highest BCUT2D eigenvalue weighted by Crippen LogP contribution is 2.23. The summed E-state index contributed by atoms with van der Waals surface area (Å²) in [7, 11) is 3.42. The van der Waals surface area contributed by atoms with Crippen LogP contribution < -0.4 is 16.4 Å². The molecule has 5 amide bonds. The number of nitrogens with zero attached hydrogens (tertiary/aromatic N) is 8. The predicted octanol–water partition coefficient (Wildman–Crippen LogP) is 3.72. The molecule has 1 aromatic rings. The maximum atomic E-state index is 11.6. The number of primary amides is 1. The van der Waals surface area contributed by atoms with Crippen molar-refractivity contribution in [3.8, 4) is 0 Å². The van der Waals surface area contributed by atoms with Crippen molar-refractivity contribution in [2.45, 2.75) is 38.6 Å². The van der Waals surface area contributed by atoms with Crippen LogP contribution in [0.1, 0.15) is 43.1 Å². The topological polar surface area (TPSA) is 223 Å².